The highest BCUT2D eigenvalue weighted by Gasteiger charge is 2.32. The summed E-state index contributed by atoms with van der Waals surface area (Å²) in [6.45, 7) is 4.09. The van der Waals surface area contributed by atoms with Gasteiger partial charge in [0.05, 0.1) is 0 Å². The van der Waals surface area contributed by atoms with Gasteiger partial charge in [-0.05, 0) is 31.1 Å². The number of hydrogen-bond donors (Lipinski definition) is 1. The summed E-state index contributed by atoms with van der Waals surface area (Å²) in [4.78, 5) is 26.2. The quantitative estimate of drug-likeness (QED) is 0.804. The molecule has 2 fully saturated rings. The fourth-order valence-electron chi connectivity index (χ4n) is 2.29. The first kappa shape index (κ1) is 12.2. The SMILES string of the molecule is CC1CCN(C(=O)N(CC(=O)O)CC2CC2)C1. The number of urea groups is 1. The molecule has 0 spiro atoms. The van der Waals surface area contributed by atoms with E-state index in [4.69, 9.17) is 5.11 Å². The smallest absolute Gasteiger partial charge is 0.323 e. The van der Waals surface area contributed by atoms with Gasteiger partial charge in [0.15, 0.2) is 0 Å². The second-order valence-corrected chi connectivity index (χ2v) is 5.34. The molecule has 1 unspecified atom stereocenters. The van der Waals surface area contributed by atoms with E-state index in [-0.39, 0.29) is 12.6 Å². The molecule has 1 N–H and O–H groups in total. The van der Waals surface area contributed by atoms with Crippen LogP contribution in [0.25, 0.3) is 0 Å². The van der Waals surface area contributed by atoms with Crippen molar-refractivity contribution in [3.05, 3.63) is 0 Å². The molecule has 17 heavy (non-hydrogen) atoms. The van der Waals surface area contributed by atoms with E-state index in [1.54, 1.807) is 4.90 Å². The highest BCUT2D eigenvalue weighted by molar-refractivity contribution is 5.80. The summed E-state index contributed by atoms with van der Waals surface area (Å²) in [6.07, 6.45) is 3.27. The van der Waals surface area contributed by atoms with E-state index >= 15 is 0 Å². The Bertz CT molecular complexity index is 315. The van der Waals surface area contributed by atoms with E-state index in [1.807, 2.05) is 0 Å². The summed E-state index contributed by atoms with van der Waals surface area (Å²) < 4.78 is 0. The molecule has 1 saturated heterocycles. The van der Waals surface area contributed by atoms with Crippen LogP contribution in [0, 0.1) is 11.8 Å². The monoisotopic (exact) mass is 240 g/mol. The first-order valence-corrected chi connectivity index (χ1v) is 6.32. The third-order valence-corrected chi connectivity index (χ3v) is 3.47. The van der Waals surface area contributed by atoms with Crippen LogP contribution in [0.5, 0.6) is 0 Å². The van der Waals surface area contributed by atoms with Gasteiger partial charge in [0.25, 0.3) is 0 Å². The van der Waals surface area contributed by atoms with E-state index in [0.29, 0.717) is 18.4 Å². The van der Waals surface area contributed by atoms with Gasteiger partial charge in [0, 0.05) is 19.6 Å². The summed E-state index contributed by atoms with van der Waals surface area (Å²) in [5, 5.41) is 8.85. The predicted molar refractivity (Wildman–Crippen MR) is 62.7 cm³/mol. The minimum atomic E-state index is -0.925. The Balaban J connectivity index is 1.93. The maximum absolute atomic E-state index is 12.2. The lowest BCUT2D eigenvalue weighted by molar-refractivity contribution is -0.137. The molecule has 0 aromatic rings. The molecular formula is C12H20N2O3. The third-order valence-electron chi connectivity index (χ3n) is 3.47. The molecule has 1 saturated carbocycles. The Morgan fingerprint density at radius 1 is 1.35 bits per heavy atom. The van der Waals surface area contributed by atoms with Gasteiger partial charge in [0.2, 0.25) is 0 Å². The van der Waals surface area contributed by atoms with E-state index < -0.39 is 5.97 Å². The second-order valence-electron chi connectivity index (χ2n) is 5.34. The molecule has 5 heteroatoms. The molecule has 1 heterocycles. The van der Waals surface area contributed by atoms with Gasteiger partial charge in [-0.15, -0.1) is 0 Å². The van der Waals surface area contributed by atoms with Crippen molar-refractivity contribution in [1.82, 2.24) is 9.80 Å². The summed E-state index contributed by atoms with van der Waals surface area (Å²) in [7, 11) is 0. The molecule has 1 aliphatic heterocycles. The van der Waals surface area contributed by atoms with Crippen LogP contribution < -0.4 is 0 Å². The van der Waals surface area contributed by atoms with Gasteiger partial charge in [-0.25, -0.2) is 4.79 Å². The van der Waals surface area contributed by atoms with Crippen LogP contribution in [-0.2, 0) is 4.79 Å². The van der Waals surface area contributed by atoms with Gasteiger partial charge >= 0.3 is 12.0 Å². The zero-order valence-corrected chi connectivity index (χ0v) is 10.3. The zero-order valence-electron chi connectivity index (χ0n) is 10.3. The van der Waals surface area contributed by atoms with Crippen LogP contribution in [-0.4, -0.2) is 53.1 Å². The molecule has 2 amide bonds. The van der Waals surface area contributed by atoms with Crippen molar-refractivity contribution in [3.63, 3.8) is 0 Å². The minimum absolute atomic E-state index is 0.0938. The van der Waals surface area contributed by atoms with Gasteiger partial charge in [-0.3, -0.25) is 4.79 Å². The normalized spacial score (nSPS) is 23.8. The van der Waals surface area contributed by atoms with Crippen LogP contribution in [0.15, 0.2) is 0 Å². The highest BCUT2D eigenvalue weighted by Crippen LogP contribution is 2.30. The molecular weight excluding hydrogens is 220 g/mol. The van der Waals surface area contributed by atoms with Crippen LogP contribution in [0.2, 0.25) is 0 Å². The van der Waals surface area contributed by atoms with Gasteiger partial charge in [-0.2, -0.15) is 0 Å². The standard InChI is InChI=1S/C12H20N2O3/c1-9-4-5-13(6-9)12(17)14(8-11(15)16)7-10-2-3-10/h9-10H,2-8H2,1H3,(H,15,16). The van der Waals surface area contributed by atoms with Crippen LogP contribution in [0.3, 0.4) is 0 Å². The Hall–Kier alpha value is -1.26. The summed E-state index contributed by atoms with van der Waals surface area (Å²) in [5.74, 6) is 0.135. The molecule has 2 rings (SSSR count). The number of likely N-dealkylation sites (tertiary alicyclic amines) is 1. The molecule has 2 aliphatic rings. The number of nitrogens with zero attached hydrogens (tertiary/aromatic N) is 2. The van der Waals surface area contributed by atoms with Crippen LogP contribution in [0.1, 0.15) is 26.2 Å². The Morgan fingerprint density at radius 2 is 2.06 bits per heavy atom. The van der Waals surface area contributed by atoms with Crippen molar-refractivity contribution in [1.29, 1.82) is 0 Å². The molecule has 1 atom stereocenters. The fourth-order valence-corrected chi connectivity index (χ4v) is 2.29. The molecule has 5 nitrogen and oxygen atoms in total. The third kappa shape index (κ3) is 3.35. The zero-order chi connectivity index (χ0) is 12.4. The largest absolute Gasteiger partial charge is 0.480 e. The molecule has 1 aliphatic carbocycles. The van der Waals surface area contributed by atoms with Crippen molar-refractivity contribution < 1.29 is 14.7 Å². The fraction of sp³-hybridized carbons (Fsp3) is 0.833. The summed E-state index contributed by atoms with van der Waals surface area (Å²) in [5.41, 5.74) is 0. The Labute approximate surface area is 101 Å². The van der Waals surface area contributed by atoms with E-state index in [0.717, 1.165) is 32.4 Å². The summed E-state index contributed by atoms with van der Waals surface area (Å²) >= 11 is 0. The van der Waals surface area contributed by atoms with Crippen LogP contribution >= 0.6 is 0 Å². The number of carboxylic acids is 1. The second kappa shape index (κ2) is 4.94. The van der Waals surface area contributed by atoms with E-state index in [9.17, 15) is 9.59 Å². The lowest BCUT2D eigenvalue weighted by atomic mass is 10.2. The van der Waals surface area contributed by atoms with Crippen molar-refractivity contribution >= 4 is 12.0 Å². The number of rotatable bonds is 4. The first-order chi connectivity index (χ1) is 8.06. The Kier molecular flexibility index (Phi) is 3.54. The molecule has 0 aromatic heterocycles. The minimum Gasteiger partial charge on any atom is -0.480 e. The molecule has 0 radical (unpaired) electrons. The topological polar surface area (TPSA) is 60.9 Å². The van der Waals surface area contributed by atoms with Gasteiger partial charge in [-0.1, -0.05) is 6.92 Å². The van der Waals surface area contributed by atoms with E-state index in [2.05, 4.69) is 6.92 Å². The number of carbonyl (C=O) groups is 2. The average Bonchev–Trinajstić information content (AvgIpc) is 2.96. The van der Waals surface area contributed by atoms with Crippen molar-refractivity contribution in [2.45, 2.75) is 26.2 Å². The maximum Gasteiger partial charge on any atom is 0.323 e. The van der Waals surface area contributed by atoms with Gasteiger partial charge < -0.3 is 14.9 Å². The van der Waals surface area contributed by atoms with Crippen molar-refractivity contribution in [3.8, 4) is 0 Å². The van der Waals surface area contributed by atoms with E-state index in [1.165, 1.54) is 4.90 Å². The van der Waals surface area contributed by atoms with Gasteiger partial charge in [0.1, 0.15) is 6.54 Å². The Morgan fingerprint density at radius 3 is 2.53 bits per heavy atom. The molecule has 0 bridgehead atoms. The number of hydrogen-bond acceptors (Lipinski definition) is 2. The molecule has 0 aromatic carbocycles. The maximum atomic E-state index is 12.2. The highest BCUT2D eigenvalue weighted by atomic mass is 16.4. The predicted octanol–water partition coefficient (Wildman–Crippen LogP) is 1.24. The lowest BCUT2D eigenvalue weighted by Gasteiger charge is -2.26. The number of carboxylic acid groups (broad SMARTS) is 1. The van der Waals surface area contributed by atoms with Crippen molar-refractivity contribution in [2.24, 2.45) is 11.8 Å². The van der Waals surface area contributed by atoms with Crippen molar-refractivity contribution in [2.75, 3.05) is 26.2 Å². The molecule has 96 valence electrons. The summed E-state index contributed by atoms with van der Waals surface area (Å²) in [6, 6.07) is -0.0938. The number of carbonyl (C=O) groups excluding carboxylic acids is 1. The average molecular weight is 240 g/mol. The number of aliphatic carboxylic acids is 1. The van der Waals surface area contributed by atoms with Crippen LogP contribution in [0.4, 0.5) is 4.79 Å². The first-order valence-electron chi connectivity index (χ1n) is 6.32. The number of amides is 2. The lowest BCUT2D eigenvalue weighted by Crippen LogP contribution is -2.45.